The van der Waals surface area contributed by atoms with Crippen LogP contribution in [-0.4, -0.2) is 46.7 Å². The summed E-state index contributed by atoms with van der Waals surface area (Å²) in [5.41, 5.74) is -0.623. The van der Waals surface area contributed by atoms with Gasteiger partial charge in [-0.2, -0.15) is 0 Å². The van der Waals surface area contributed by atoms with Crippen LogP contribution in [0.2, 0.25) is 0 Å². The van der Waals surface area contributed by atoms with E-state index in [0.717, 1.165) is 6.42 Å². The van der Waals surface area contributed by atoms with Crippen molar-refractivity contribution in [3.8, 4) is 0 Å². The SMILES string of the molecule is CCC12CN3CC(C)(CN(C1)C3c1ccc([N+](=O)[O-])o1)C2=O. The fraction of sp³-hybridized carbons (Fsp3) is 0.667. The molecule has 7 nitrogen and oxygen atoms in total. The molecule has 4 fully saturated rings. The molecule has 7 heteroatoms. The van der Waals surface area contributed by atoms with Crippen molar-refractivity contribution < 1.29 is 14.1 Å². The Morgan fingerprint density at radius 3 is 2.45 bits per heavy atom. The summed E-state index contributed by atoms with van der Waals surface area (Å²) < 4.78 is 5.43. The second-order valence-electron chi connectivity index (χ2n) is 7.14. The fourth-order valence-electron chi connectivity index (χ4n) is 4.71. The Hall–Kier alpha value is -1.73. The third-order valence-corrected chi connectivity index (χ3v) is 5.56. The van der Waals surface area contributed by atoms with Gasteiger partial charge in [0.15, 0.2) is 0 Å². The zero-order valence-corrected chi connectivity index (χ0v) is 12.7. The molecule has 0 saturated carbocycles. The number of hydrogen-bond acceptors (Lipinski definition) is 6. The lowest BCUT2D eigenvalue weighted by Gasteiger charge is -2.64. The predicted octanol–water partition coefficient (Wildman–Crippen LogP) is 1.80. The van der Waals surface area contributed by atoms with Crippen molar-refractivity contribution in [3.63, 3.8) is 0 Å². The van der Waals surface area contributed by atoms with Crippen LogP contribution < -0.4 is 0 Å². The molecule has 118 valence electrons. The topological polar surface area (TPSA) is 79.8 Å². The molecular formula is C15H19N3O4. The van der Waals surface area contributed by atoms with Gasteiger partial charge >= 0.3 is 5.88 Å². The quantitative estimate of drug-likeness (QED) is 0.626. The molecule has 0 aromatic carbocycles. The number of nitro groups is 1. The lowest BCUT2D eigenvalue weighted by atomic mass is 9.60. The fourth-order valence-corrected chi connectivity index (χ4v) is 4.71. The van der Waals surface area contributed by atoms with Crippen LogP contribution in [0.4, 0.5) is 5.88 Å². The van der Waals surface area contributed by atoms with Crippen LogP contribution in [0, 0.1) is 20.9 Å². The van der Waals surface area contributed by atoms with Crippen LogP contribution in [0.3, 0.4) is 0 Å². The number of carbonyl (C=O) groups is 1. The summed E-state index contributed by atoms with van der Waals surface area (Å²) in [6.45, 7) is 6.94. The van der Waals surface area contributed by atoms with Crippen molar-refractivity contribution in [2.75, 3.05) is 26.2 Å². The molecule has 0 aliphatic carbocycles. The summed E-state index contributed by atoms with van der Waals surface area (Å²) in [6.07, 6.45) is 0.744. The normalized spacial score (nSPS) is 42.8. The van der Waals surface area contributed by atoms with Crippen LogP contribution in [-0.2, 0) is 4.79 Å². The maximum absolute atomic E-state index is 12.8. The van der Waals surface area contributed by atoms with Gasteiger partial charge in [0.1, 0.15) is 22.6 Å². The van der Waals surface area contributed by atoms with Crippen molar-refractivity contribution in [1.29, 1.82) is 0 Å². The number of rotatable bonds is 3. The van der Waals surface area contributed by atoms with Crippen molar-refractivity contribution in [1.82, 2.24) is 9.80 Å². The van der Waals surface area contributed by atoms with Gasteiger partial charge in [-0.3, -0.25) is 24.7 Å². The highest BCUT2D eigenvalue weighted by Crippen LogP contribution is 2.53. The standard InChI is InChI=1S/C15H19N3O4/c1-3-15-8-16-6-14(2,13(15)19)7-17(9-15)12(16)10-4-5-11(22-10)18(20)21/h4-5,12H,3,6-9H2,1-2H3. The predicted molar refractivity (Wildman–Crippen MR) is 77.1 cm³/mol. The molecule has 0 spiro atoms. The van der Waals surface area contributed by atoms with Crippen molar-refractivity contribution in [3.05, 3.63) is 28.0 Å². The van der Waals surface area contributed by atoms with Crippen LogP contribution in [0.25, 0.3) is 0 Å². The van der Waals surface area contributed by atoms with E-state index < -0.39 is 4.92 Å². The average Bonchev–Trinajstić information content (AvgIpc) is 2.93. The number of carbonyl (C=O) groups excluding carboxylic acids is 1. The van der Waals surface area contributed by atoms with Gasteiger partial charge in [0.05, 0.1) is 16.9 Å². The number of furan rings is 1. The van der Waals surface area contributed by atoms with E-state index in [0.29, 0.717) is 37.7 Å². The zero-order chi connectivity index (χ0) is 15.7. The highest BCUT2D eigenvalue weighted by atomic mass is 16.6. The first-order chi connectivity index (χ1) is 10.4. The van der Waals surface area contributed by atoms with Gasteiger partial charge in [-0.05, 0) is 12.5 Å². The molecule has 4 bridgehead atoms. The molecule has 4 saturated heterocycles. The van der Waals surface area contributed by atoms with E-state index in [1.807, 2.05) is 6.92 Å². The third-order valence-electron chi connectivity index (χ3n) is 5.56. The molecule has 2 unspecified atom stereocenters. The lowest BCUT2D eigenvalue weighted by Crippen LogP contribution is -2.75. The minimum Gasteiger partial charge on any atom is -0.403 e. The van der Waals surface area contributed by atoms with Crippen molar-refractivity contribution >= 4 is 11.7 Å². The Balaban J connectivity index is 1.71. The van der Waals surface area contributed by atoms with E-state index in [2.05, 4.69) is 16.7 Å². The van der Waals surface area contributed by atoms with E-state index in [-0.39, 0.29) is 22.9 Å². The summed E-state index contributed by atoms with van der Waals surface area (Å²) in [7, 11) is 0. The molecule has 1 aromatic rings. The average molecular weight is 305 g/mol. The van der Waals surface area contributed by atoms with Gasteiger partial charge in [-0.15, -0.1) is 0 Å². The molecule has 22 heavy (non-hydrogen) atoms. The molecular weight excluding hydrogens is 286 g/mol. The summed E-state index contributed by atoms with van der Waals surface area (Å²) in [4.78, 5) is 27.6. The van der Waals surface area contributed by atoms with E-state index in [1.54, 1.807) is 6.07 Å². The Morgan fingerprint density at radius 2 is 1.95 bits per heavy atom. The zero-order valence-electron chi connectivity index (χ0n) is 12.7. The number of ketones is 1. The monoisotopic (exact) mass is 305 g/mol. The molecule has 0 N–H and O–H groups in total. The summed E-state index contributed by atoms with van der Waals surface area (Å²) >= 11 is 0. The van der Waals surface area contributed by atoms with E-state index in [4.69, 9.17) is 4.42 Å². The Kier molecular flexibility index (Phi) is 2.64. The van der Waals surface area contributed by atoms with Gasteiger partial charge in [0, 0.05) is 26.2 Å². The Bertz CT molecular complexity index is 651. The summed E-state index contributed by atoms with van der Waals surface area (Å²) in [6, 6.07) is 3.10. The summed E-state index contributed by atoms with van der Waals surface area (Å²) in [5.74, 6) is 0.769. The molecule has 0 amide bonds. The molecule has 1 aromatic heterocycles. The van der Waals surface area contributed by atoms with Crippen molar-refractivity contribution in [2.24, 2.45) is 10.8 Å². The first kappa shape index (κ1) is 13.9. The second kappa shape index (κ2) is 4.17. The maximum Gasteiger partial charge on any atom is 0.433 e. The van der Waals surface area contributed by atoms with E-state index in [9.17, 15) is 14.9 Å². The third kappa shape index (κ3) is 1.60. The van der Waals surface area contributed by atoms with Gasteiger partial charge < -0.3 is 4.42 Å². The Labute approximate surface area is 128 Å². The van der Waals surface area contributed by atoms with Gasteiger partial charge in [-0.25, -0.2) is 0 Å². The van der Waals surface area contributed by atoms with E-state index in [1.165, 1.54) is 6.07 Å². The number of hydrogen-bond donors (Lipinski definition) is 0. The van der Waals surface area contributed by atoms with Crippen molar-refractivity contribution in [2.45, 2.75) is 26.4 Å². The summed E-state index contributed by atoms with van der Waals surface area (Å²) in [5, 5.41) is 10.8. The van der Waals surface area contributed by atoms with Gasteiger partial charge in [0.25, 0.3) is 0 Å². The highest BCUT2D eigenvalue weighted by Gasteiger charge is 2.63. The van der Waals surface area contributed by atoms with Crippen LogP contribution in [0.1, 0.15) is 32.2 Å². The molecule has 5 rings (SSSR count). The largest absolute Gasteiger partial charge is 0.433 e. The number of nitrogens with zero attached hydrogens (tertiary/aromatic N) is 3. The molecule has 4 aliphatic heterocycles. The van der Waals surface area contributed by atoms with Crippen LogP contribution >= 0.6 is 0 Å². The van der Waals surface area contributed by atoms with E-state index >= 15 is 0 Å². The first-order valence-electron chi connectivity index (χ1n) is 7.66. The Morgan fingerprint density at radius 1 is 1.32 bits per heavy atom. The lowest BCUT2D eigenvalue weighted by molar-refractivity contribution is -0.402. The highest BCUT2D eigenvalue weighted by molar-refractivity contribution is 5.93. The number of piperidine rings is 2. The van der Waals surface area contributed by atoms with Gasteiger partial charge in [-0.1, -0.05) is 13.8 Å². The molecule has 0 radical (unpaired) electrons. The molecule has 5 heterocycles. The second-order valence-corrected chi connectivity index (χ2v) is 7.14. The number of Topliss-reactive ketones (excluding diaryl/α,β-unsaturated/α-hetero) is 1. The first-order valence-corrected chi connectivity index (χ1v) is 7.66. The minimum atomic E-state index is -0.511. The molecule has 4 aliphatic rings. The molecule has 2 atom stereocenters. The maximum atomic E-state index is 12.8. The van der Waals surface area contributed by atoms with Crippen LogP contribution in [0.15, 0.2) is 16.5 Å². The van der Waals surface area contributed by atoms with Crippen LogP contribution in [0.5, 0.6) is 0 Å². The smallest absolute Gasteiger partial charge is 0.403 e. The van der Waals surface area contributed by atoms with Gasteiger partial charge in [0.2, 0.25) is 0 Å². The minimum absolute atomic E-state index is 0.0884.